The van der Waals surface area contributed by atoms with E-state index in [1.807, 2.05) is 0 Å². The number of rotatable bonds is 3. The summed E-state index contributed by atoms with van der Waals surface area (Å²) in [4.78, 5) is 0. The van der Waals surface area contributed by atoms with Crippen LogP contribution >= 0.6 is 23.5 Å². The maximum Gasteiger partial charge on any atom is 0.0543 e. The Morgan fingerprint density at radius 3 is 2.06 bits per heavy atom. The molecule has 18 heavy (non-hydrogen) atoms. The smallest absolute Gasteiger partial charge is 0.0543 e. The Morgan fingerprint density at radius 1 is 0.778 bits per heavy atom. The lowest BCUT2D eigenvalue weighted by atomic mass is 10.0. The van der Waals surface area contributed by atoms with E-state index in [-0.39, 0.29) is 0 Å². The van der Waals surface area contributed by atoms with Crippen LogP contribution < -0.4 is 0 Å². The molecule has 2 heteroatoms. The predicted molar refractivity (Wildman–Crippen MR) is 84.3 cm³/mol. The Labute approximate surface area is 117 Å². The molecule has 3 rings (SSSR count). The second-order valence-electron chi connectivity index (χ2n) is 4.44. The van der Waals surface area contributed by atoms with Crippen molar-refractivity contribution in [2.45, 2.75) is 11.0 Å². The van der Waals surface area contributed by atoms with Gasteiger partial charge in [0.1, 0.15) is 0 Å². The van der Waals surface area contributed by atoms with Crippen LogP contribution in [0.3, 0.4) is 0 Å². The van der Waals surface area contributed by atoms with Crippen molar-refractivity contribution in [1.29, 1.82) is 0 Å². The lowest BCUT2D eigenvalue weighted by Crippen LogP contribution is -1.97. The van der Waals surface area contributed by atoms with Gasteiger partial charge in [-0.2, -0.15) is 0 Å². The zero-order chi connectivity index (χ0) is 12.2. The van der Waals surface area contributed by atoms with Crippen molar-refractivity contribution in [2.24, 2.45) is 0 Å². The SMILES string of the molecule is c1ccc(-c2ccc(CC3SCCS3)cc2)cc1. The maximum absolute atomic E-state index is 2.28. The fourth-order valence-electron chi connectivity index (χ4n) is 2.18. The molecule has 1 fully saturated rings. The summed E-state index contributed by atoms with van der Waals surface area (Å²) in [6, 6.07) is 19.6. The molecule has 0 bridgehead atoms. The van der Waals surface area contributed by atoms with E-state index in [1.165, 1.54) is 34.6 Å². The normalized spacial score (nSPS) is 16.0. The molecule has 0 saturated carbocycles. The Hall–Kier alpha value is -0.860. The Bertz CT molecular complexity index is 484. The summed E-state index contributed by atoms with van der Waals surface area (Å²) in [6.07, 6.45) is 1.20. The molecule has 0 spiro atoms. The highest BCUT2D eigenvalue weighted by molar-refractivity contribution is 8.20. The first-order valence-electron chi connectivity index (χ1n) is 6.29. The molecule has 0 amide bonds. The molecule has 1 aliphatic heterocycles. The van der Waals surface area contributed by atoms with Crippen LogP contribution in [0.25, 0.3) is 11.1 Å². The summed E-state index contributed by atoms with van der Waals surface area (Å²) in [6.45, 7) is 0. The Morgan fingerprint density at radius 2 is 1.39 bits per heavy atom. The van der Waals surface area contributed by atoms with Gasteiger partial charge in [0.05, 0.1) is 4.58 Å². The average Bonchev–Trinajstić information content (AvgIpc) is 2.94. The number of hydrogen-bond acceptors (Lipinski definition) is 2. The van der Waals surface area contributed by atoms with Gasteiger partial charge in [-0.3, -0.25) is 0 Å². The van der Waals surface area contributed by atoms with Crippen LogP contribution in [-0.2, 0) is 6.42 Å². The molecule has 0 nitrogen and oxygen atoms in total. The van der Waals surface area contributed by atoms with Crippen molar-refractivity contribution in [2.75, 3.05) is 11.5 Å². The largest absolute Gasteiger partial charge is 0.146 e. The van der Waals surface area contributed by atoms with Crippen LogP contribution in [0.5, 0.6) is 0 Å². The highest BCUT2D eigenvalue weighted by Gasteiger charge is 2.16. The summed E-state index contributed by atoms with van der Waals surface area (Å²) < 4.78 is 0.771. The van der Waals surface area contributed by atoms with E-state index in [4.69, 9.17) is 0 Å². The standard InChI is InChI=1S/C16H16S2/c1-2-4-14(5-3-1)15-8-6-13(7-9-15)12-16-17-10-11-18-16/h1-9,16H,10-12H2. The minimum atomic E-state index is 0.771. The quantitative estimate of drug-likeness (QED) is 0.794. The molecule has 1 heterocycles. The van der Waals surface area contributed by atoms with Crippen molar-refractivity contribution in [3.63, 3.8) is 0 Å². The summed E-state index contributed by atoms with van der Waals surface area (Å²) in [5.74, 6) is 2.63. The van der Waals surface area contributed by atoms with E-state index in [9.17, 15) is 0 Å². The van der Waals surface area contributed by atoms with Crippen LogP contribution in [0.2, 0.25) is 0 Å². The average molecular weight is 272 g/mol. The van der Waals surface area contributed by atoms with E-state index < -0.39 is 0 Å². The molecule has 0 unspecified atom stereocenters. The first-order valence-corrected chi connectivity index (χ1v) is 8.39. The van der Waals surface area contributed by atoms with E-state index in [0.717, 1.165) is 4.58 Å². The maximum atomic E-state index is 2.28. The molecule has 2 aromatic carbocycles. The molecular weight excluding hydrogens is 256 g/mol. The minimum Gasteiger partial charge on any atom is -0.146 e. The Kier molecular flexibility index (Phi) is 3.96. The van der Waals surface area contributed by atoms with Crippen molar-refractivity contribution in [1.82, 2.24) is 0 Å². The van der Waals surface area contributed by atoms with Crippen LogP contribution in [0.15, 0.2) is 54.6 Å². The molecule has 0 aromatic heterocycles. The van der Waals surface area contributed by atoms with E-state index in [2.05, 4.69) is 78.1 Å². The summed E-state index contributed by atoms with van der Waals surface area (Å²) in [7, 11) is 0. The van der Waals surface area contributed by atoms with Gasteiger partial charge in [-0.05, 0) is 23.1 Å². The predicted octanol–water partition coefficient (Wildman–Crippen LogP) is 4.70. The molecule has 1 saturated heterocycles. The molecule has 0 atom stereocenters. The summed E-state index contributed by atoms with van der Waals surface area (Å²) >= 11 is 4.20. The Balaban J connectivity index is 1.72. The van der Waals surface area contributed by atoms with Gasteiger partial charge in [0, 0.05) is 11.5 Å². The fourth-order valence-corrected chi connectivity index (χ4v) is 5.06. The van der Waals surface area contributed by atoms with Crippen LogP contribution in [0.1, 0.15) is 5.56 Å². The molecule has 0 radical (unpaired) electrons. The molecule has 92 valence electrons. The van der Waals surface area contributed by atoms with Gasteiger partial charge in [0.15, 0.2) is 0 Å². The van der Waals surface area contributed by atoms with Gasteiger partial charge in [-0.1, -0.05) is 54.6 Å². The van der Waals surface area contributed by atoms with Gasteiger partial charge in [0.2, 0.25) is 0 Å². The monoisotopic (exact) mass is 272 g/mol. The van der Waals surface area contributed by atoms with Crippen molar-refractivity contribution in [3.8, 4) is 11.1 Å². The van der Waals surface area contributed by atoms with E-state index >= 15 is 0 Å². The van der Waals surface area contributed by atoms with Crippen molar-refractivity contribution < 1.29 is 0 Å². The lowest BCUT2D eigenvalue weighted by molar-refractivity contribution is 1.11. The molecular formula is C16H16S2. The van der Waals surface area contributed by atoms with E-state index in [1.54, 1.807) is 0 Å². The lowest BCUT2D eigenvalue weighted by Gasteiger charge is -2.08. The first kappa shape index (κ1) is 12.2. The van der Waals surface area contributed by atoms with Crippen molar-refractivity contribution >= 4 is 23.5 Å². The highest BCUT2D eigenvalue weighted by Crippen LogP contribution is 2.34. The third-order valence-corrected chi connectivity index (χ3v) is 6.19. The van der Waals surface area contributed by atoms with Gasteiger partial charge in [-0.15, -0.1) is 23.5 Å². The fraction of sp³-hybridized carbons (Fsp3) is 0.250. The van der Waals surface area contributed by atoms with Crippen LogP contribution in [-0.4, -0.2) is 16.1 Å². The molecule has 1 aliphatic rings. The zero-order valence-corrected chi connectivity index (χ0v) is 11.8. The van der Waals surface area contributed by atoms with Gasteiger partial charge >= 0.3 is 0 Å². The highest BCUT2D eigenvalue weighted by atomic mass is 32.2. The third-order valence-electron chi connectivity index (χ3n) is 3.15. The van der Waals surface area contributed by atoms with E-state index in [0.29, 0.717) is 0 Å². The zero-order valence-electron chi connectivity index (χ0n) is 10.2. The number of hydrogen-bond donors (Lipinski definition) is 0. The third kappa shape index (κ3) is 2.93. The van der Waals surface area contributed by atoms with Gasteiger partial charge in [0.25, 0.3) is 0 Å². The summed E-state index contributed by atoms with van der Waals surface area (Å²) in [5, 5.41) is 0. The molecule has 2 aromatic rings. The van der Waals surface area contributed by atoms with Crippen molar-refractivity contribution in [3.05, 3.63) is 60.2 Å². The second-order valence-corrected chi connectivity index (χ2v) is 7.36. The summed E-state index contributed by atoms with van der Waals surface area (Å²) in [5.41, 5.74) is 4.07. The number of benzene rings is 2. The topological polar surface area (TPSA) is 0 Å². The molecule has 0 aliphatic carbocycles. The second kappa shape index (κ2) is 5.85. The van der Waals surface area contributed by atoms with Crippen LogP contribution in [0, 0.1) is 0 Å². The van der Waals surface area contributed by atoms with Crippen LogP contribution in [0.4, 0.5) is 0 Å². The minimum absolute atomic E-state index is 0.771. The number of thioether (sulfide) groups is 2. The van der Waals surface area contributed by atoms with Gasteiger partial charge in [-0.25, -0.2) is 0 Å². The van der Waals surface area contributed by atoms with Gasteiger partial charge < -0.3 is 0 Å². The first-order chi connectivity index (χ1) is 8.92. The molecule has 0 N–H and O–H groups in total.